The molecule has 0 spiro atoms. The summed E-state index contributed by atoms with van der Waals surface area (Å²) < 4.78 is 43.9. The summed E-state index contributed by atoms with van der Waals surface area (Å²) in [4.78, 5) is 0. The molecule has 0 atom stereocenters. The van der Waals surface area contributed by atoms with E-state index >= 15 is 0 Å². The van der Waals surface area contributed by atoms with E-state index in [0.29, 0.717) is 16.8 Å². The van der Waals surface area contributed by atoms with Crippen LogP contribution in [0.4, 0.5) is 19.0 Å². The summed E-state index contributed by atoms with van der Waals surface area (Å²) >= 11 is 0. The SMILES string of the molecule is C1CCOC1.Cc1c(CNc2nncc3ccc(O)cc23)cccc1C(F)(F)F. The lowest BCUT2D eigenvalue weighted by Gasteiger charge is -2.15. The van der Waals surface area contributed by atoms with Crippen LogP contribution in [0.5, 0.6) is 5.75 Å². The Kier molecular flexibility index (Phi) is 6.53. The number of phenols is 1. The van der Waals surface area contributed by atoms with E-state index in [4.69, 9.17) is 4.74 Å². The number of hydrogen-bond acceptors (Lipinski definition) is 5. The van der Waals surface area contributed by atoms with Crippen molar-refractivity contribution < 1.29 is 23.0 Å². The molecule has 0 bridgehead atoms. The van der Waals surface area contributed by atoms with E-state index in [1.165, 1.54) is 38.0 Å². The average molecular weight is 405 g/mol. The van der Waals surface area contributed by atoms with Crippen LogP contribution >= 0.6 is 0 Å². The average Bonchev–Trinajstić information content (AvgIpc) is 3.26. The molecule has 1 aliphatic heterocycles. The van der Waals surface area contributed by atoms with Gasteiger partial charge in [-0.3, -0.25) is 0 Å². The van der Waals surface area contributed by atoms with Crippen LogP contribution in [0, 0.1) is 6.92 Å². The quantitative estimate of drug-likeness (QED) is 0.637. The van der Waals surface area contributed by atoms with Crippen LogP contribution in [-0.2, 0) is 17.5 Å². The summed E-state index contributed by atoms with van der Waals surface area (Å²) in [5.74, 6) is 0.481. The largest absolute Gasteiger partial charge is 0.508 e. The summed E-state index contributed by atoms with van der Waals surface area (Å²) in [5, 5.41) is 21.9. The number of ether oxygens (including phenoxy) is 1. The van der Waals surface area contributed by atoms with Gasteiger partial charge in [0, 0.05) is 30.5 Å². The van der Waals surface area contributed by atoms with E-state index in [9.17, 15) is 18.3 Å². The van der Waals surface area contributed by atoms with E-state index in [1.54, 1.807) is 18.3 Å². The predicted molar refractivity (Wildman–Crippen MR) is 105 cm³/mol. The lowest BCUT2D eigenvalue weighted by Crippen LogP contribution is -2.11. The van der Waals surface area contributed by atoms with Gasteiger partial charge in [0.15, 0.2) is 5.82 Å². The second-order valence-electron chi connectivity index (χ2n) is 6.73. The fraction of sp³-hybridized carbons (Fsp3) is 0.333. The number of aromatic nitrogens is 2. The Morgan fingerprint density at radius 3 is 2.55 bits per heavy atom. The van der Waals surface area contributed by atoms with Crippen LogP contribution in [0.2, 0.25) is 0 Å². The topological polar surface area (TPSA) is 67.3 Å². The van der Waals surface area contributed by atoms with E-state index in [1.807, 2.05) is 0 Å². The molecule has 4 rings (SSSR count). The van der Waals surface area contributed by atoms with Crippen molar-refractivity contribution in [2.75, 3.05) is 18.5 Å². The summed E-state index contributed by atoms with van der Waals surface area (Å²) in [6, 6.07) is 8.84. The molecule has 3 aromatic rings. The maximum Gasteiger partial charge on any atom is 0.416 e. The molecule has 1 aliphatic rings. The second-order valence-corrected chi connectivity index (χ2v) is 6.73. The van der Waals surface area contributed by atoms with Crippen LogP contribution in [0.15, 0.2) is 42.6 Å². The third-order valence-electron chi connectivity index (χ3n) is 4.67. The van der Waals surface area contributed by atoms with Crippen LogP contribution in [0.1, 0.15) is 29.5 Å². The molecule has 5 nitrogen and oxygen atoms in total. The van der Waals surface area contributed by atoms with Crippen molar-refractivity contribution in [2.24, 2.45) is 0 Å². The summed E-state index contributed by atoms with van der Waals surface area (Å²) in [6.45, 7) is 3.61. The molecule has 0 radical (unpaired) electrons. The van der Waals surface area contributed by atoms with Crippen LogP contribution in [0.25, 0.3) is 10.8 Å². The second kappa shape index (κ2) is 9.09. The number of anilines is 1. The fourth-order valence-electron chi connectivity index (χ4n) is 3.07. The molecule has 0 amide bonds. The highest BCUT2D eigenvalue weighted by Gasteiger charge is 2.32. The smallest absolute Gasteiger partial charge is 0.416 e. The standard InChI is InChI=1S/C17H14F3N3O.C4H8O/c1-10-11(3-2-4-15(10)17(18,19)20)8-21-16-14-7-13(24)6-5-12(14)9-22-23-16;1-2-4-5-3-1/h2-7,9,24H,8H2,1H3,(H,21,23);1-4H2. The summed E-state index contributed by atoms with van der Waals surface area (Å²) in [7, 11) is 0. The minimum Gasteiger partial charge on any atom is -0.508 e. The van der Waals surface area contributed by atoms with Gasteiger partial charge < -0.3 is 15.2 Å². The molecule has 0 saturated carbocycles. The van der Waals surface area contributed by atoms with E-state index in [0.717, 1.165) is 24.7 Å². The first-order valence-corrected chi connectivity index (χ1v) is 9.28. The Morgan fingerprint density at radius 1 is 1.14 bits per heavy atom. The zero-order valence-corrected chi connectivity index (χ0v) is 16.0. The van der Waals surface area contributed by atoms with Crippen LogP contribution < -0.4 is 5.32 Å². The minimum absolute atomic E-state index is 0.0776. The van der Waals surface area contributed by atoms with Gasteiger partial charge in [0.2, 0.25) is 0 Å². The highest BCUT2D eigenvalue weighted by atomic mass is 19.4. The first-order valence-electron chi connectivity index (χ1n) is 9.28. The minimum atomic E-state index is -4.38. The maximum absolute atomic E-state index is 13.0. The van der Waals surface area contributed by atoms with E-state index < -0.39 is 11.7 Å². The Morgan fingerprint density at radius 2 is 1.90 bits per heavy atom. The number of nitrogens with zero attached hydrogens (tertiary/aromatic N) is 2. The third-order valence-corrected chi connectivity index (χ3v) is 4.67. The van der Waals surface area contributed by atoms with Gasteiger partial charge in [-0.05, 0) is 55.2 Å². The molecule has 0 unspecified atom stereocenters. The first-order chi connectivity index (χ1) is 13.9. The van der Waals surface area contributed by atoms with Crippen molar-refractivity contribution in [3.8, 4) is 5.75 Å². The molecular weight excluding hydrogens is 383 g/mol. The lowest BCUT2D eigenvalue weighted by atomic mass is 10.0. The molecule has 154 valence electrons. The molecule has 2 heterocycles. The Labute approximate surface area is 166 Å². The van der Waals surface area contributed by atoms with E-state index in [-0.39, 0.29) is 17.9 Å². The number of benzene rings is 2. The zero-order valence-electron chi connectivity index (χ0n) is 16.0. The first kappa shape index (κ1) is 20.9. The predicted octanol–water partition coefficient (Wildman–Crippen LogP) is 5.07. The molecule has 1 fully saturated rings. The van der Waals surface area contributed by atoms with Crippen molar-refractivity contribution in [1.29, 1.82) is 0 Å². The number of halogens is 3. The number of phenolic OH excluding ortho intramolecular Hbond substituents is 1. The van der Waals surface area contributed by atoms with Crippen molar-refractivity contribution in [3.63, 3.8) is 0 Å². The number of nitrogens with one attached hydrogen (secondary N) is 1. The summed E-state index contributed by atoms with van der Waals surface area (Å²) in [5.41, 5.74) is 0.0424. The number of rotatable bonds is 3. The van der Waals surface area contributed by atoms with Crippen molar-refractivity contribution >= 4 is 16.6 Å². The van der Waals surface area contributed by atoms with Gasteiger partial charge in [-0.25, -0.2) is 0 Å². The van der Waals surface area contributed by atoms with Crippen LogP contribution in [0.3, 0.4) is 0 Å². The van der Waals surface area contributed by atoms with Gasteiger partial charge in [-0.2, -0.15) is 18.3 Å². The van der Waals surface area contributed by atoms with Crippen LogP contribution in [-0.4, -0.2) is 28.5 Å². The highest BCUT2D eigenvalue weighted by Crippen LogP contribution is 2.33. The fourth-order valence-corrected chi connectivity index (χ4v) is 3.07. The van der Waals surface area contributed by atoms with Crippen molar-refractivity contribution in [3.05, 3.63) is 59.3 Å². The van der Waals surface area contributed by atoms with Gasteiger partial charge in [0.1, 0.15) is 5.75 Å². The zero-order chi connectivity index (χ0) is 20.9. The number of aromatic hydroxyl groups is 1. The maximum atomic E-state index is 13.0. The van der Waals surface area contributed by atoms with Crippen molar-refractivity contribution in [1.82, 2.24) is 10.2 Å². The monoisotopic (exact) mass is 405 g/mol. The van der Waals surface area contributed by atoms with Crippen molar-refractivity contribution in [2.45, 2.75) is 32.5 Å². The lowest BCUT2D eigenvalue weighted by molar-refractivity contribution is -0.138. The highest BCUT2D eigenvalue weighted by molar-refractivity contribution is 5.91. The molecular formula is C21H22F3N3O2. The van der Waals surface area contributed by atoms with E-state index in [2.05, 4.69) is 15.5 Å². The van der Waals surface area contributed by atoms with Gasteiger partial charge in [-0.15, -0.1) is 5.10 Å². The molecule has 29 heavy (non-hydrogen) atoms. The summed E-state index contributed by atoms with van der Waals surface area (Å²) in [6.07, 6.45) is -0.277. The normalized spacial score (nSPS) is 13.8. The Balaban J connectivity index is 0.000000419. The number of hydrogen-bond donors (Lipinski definition) is 2. The van der Waals surface area contributed by atoms with Gasteiger partial charge in [0.05, 0.1) is 11.8 Å². The molecule has 2 N–H and O–H groups in total. The molecule has 1 aromatic heterocycles. The van der Waals surface area contributed by atoms with Gasteiger partial charge in [0.25, 0.3) is 0 Å². The Hall–Kier alpha value is -2.87. The molecule has 8 heteroatoms. The number of fused-ring (bicyclic) bond motifs is 1. The Bertz CT molecular complexity index is 965. The molecule has 2 aromatic carbocycles. The number of alkyl halides is 3. The van der Waals surface area contributed by atoms with Gasteiger partial charge >= 0.3 is 6.18 Å². The molecule has 1 saturated heterocycles. The molecule has 0 aliphatic carbocycles. The van der Waals surface area contributed by atoms with Gasteiger partial charge in [-0.1, -0.05) is 12.1 Å². The third kappa shape index (κ3) is 5.35.